The molecule has 2 heterocycles. The van der Waals surface area contributed by atoms with E-state index in [0.29, 0.717) is 18.9 Å². The number of carbonyl (C=O) groups is 1. The van der Waals surface area contributed by atoms with Crippen LogP contribution in [0.5, 0.6) is 0 Å². The maximum Gasteiger partial charge on any atom is 0.323 e. The maximum absolute atomic E-state index is 12.6. The molecule has 5 nitrogen and oxygen atoms in total. The first-order chi connectivity index (χ1) is 7.69. The highest BCUT2D eigenvalue weighted by Gasteiger charge is 2.22. The average molecular weight is 226 g/mol. The molecule has 1 N–H and O–H groups in total. The van der Waals surface area contributed by atoms with Crippen LogP contribution in [0, 0.1) is 6.08 Å². The third kappa shape index (κ3) is 3.15. The third-order valence-electron chi connectivity index (χ3n) is 1.74. The van der Waals surface area contributed by atoms with Crippen molar-refractivity contribution in [3.8, 4) is 0 Å². The molecule has 2 amide bonds. The second-order valence-corrected chi connectivity index (χ2v) is 3.27. The maximum atomic E-state index is 12.6. The van der Waals surface area contributed by atoms with Crippen molar-refractivity contribution in [1.82, 2.24) is 15.3 Å². The topological polar surface area (TPSA) is 58.1 Å². The van der Waals surface area contributed by atoms with Crippen LogP contribution in [0.15, 0.2) is 12.3 Å². The Morgan fingerprint density at radius 2 is 2.25 bits per heavy atom. The molecule has 0 atom stereocenters. The van der Waals surface area contributed by atoms with Crippen molar-refractivity contribution in [2.75, 3.05) is 18.0 Å². The number of rotatable bonds is 1. The molecule has 1 fully saturated rings. The number of halogens is 1. The van der Waals surface area contributed by atoms with Gasteiger partial charge in [0.15, 0.2) is 0 Å². The Morgan fingerprint density at radius 3 is 2.75 bits per heavy atom. The van der Waals surface area contributed by atoms with E-state index in [2.05, 4.69) is 29.1 Å². The SMILES string of the molecule is CCC.O=C1NCCN1c1ccnc(F)n1. The molecule has 0 radical (unpaired) electrons. The standard InChI is InChI=1S/C7H7FN4O.C3H8/c8-6-9-2-1-5(11-6)12-4-3-10-7(12)13;1-3-2/h1-2H,3-4H2,(H,10,13);3H2,1-2H3. The van der Waals surface area contributed by atoms with Gasteiger partial charge in [0.25, 0.3) is 0 Å². The number of nitrogens with zero attached hydrogens (tertiary/aromatic N) is 3. The van der Waals surface area contributed by atoms with Gasteiger partial charge in [-0.15, -0.1) is 0 Å². The Bertz CT molecular complexity index is 358. The molecule has 16 heavy (non-hydrogen) atoms. The van der Waals surface area contributed by atoms with Gasteiger partial charge in [-0.25, -0.2) is 9.78 Å². The molecule has 0 aliphatic carbocycles. The highest BCUT2D eigenvalue weighted by Crippen LogP contribution is 2.11. The molecule has 1 aromatic heterocycles. The fourth-order valence-electron chi connectivity index (χ4n) is 1.17. The fourth-order valence-corrected chi connectivity index (χ4v) is 1.17. The molecule has 2 rings (SSSR count). The first-order valence-corrected chi connectivity index (χ1v) is 5.23. The van der Waals surface area contributed by atoms with Crippen LogP contribution in [0.25, 0.3) is 0 Å². The molecule has 0 aromatic carbocycles. The quantitative estimate of drug-likeness (QED) is 0.739. The molecular weight excluding hydrogens is 211 g/mol. The molecule has 0 bridgehead atoms. The van der Waals surface area contributed by atoms with E-state index >= 15 is 0 Å². The minimum absolute atomic E-state index is 0.252. The number of hydrogen-bond acceptors (Lipinski definition) is 3. The van der Waals surface area contributed by atoms with Crippen molar-refractivity contribution in [3.63, 3.8) is 0 Å². The molecule has 1 saturated heterocycles. The van der Waals surface area contributed by atoms with Gasteiger partial charge >= 0.3 is 12.1 Å². The fraction of sp³-hybridized carbons (Fsp3) is 0.500. The lowest BCUT2D eigenvalue weighted by molar-refractivity contribution is 0.252. The van der Waals surface area contributed by atoms with E-state index in [-0.39, 0.29) is 6.03 Å². The Kier molecular flexibility index (Phi) is 4.63. The van der Waals surface area contributed by atoms with Gasteiger partial charge in [0.05, 0.1) is 0 Å². The summed E-state index contributed by atoms with van der Waals surface area (Å²) in [6.07, 6.45) is 1.71. The summed E-state index contributed by atoms with van der Waals surface area (Å²) in [6, 6.07) is 1.24. The van der Waals surface area contributed by atoms with Crippen molar-refractivity contribution >= 4 is 11.8 Å². The van der Waals surface area contributed by atoms with Gasteiger partial charge in [-0.3, -0.25) is 4.90 Å². The summed E-state index contributed by atoms with van der Waals surface area (Å²) in [5.74, 6) is 0.294. The Balaban J connectivity index is 0.000000386. The van der Waals surface area contributed by atoms with Crippen LogP contribution in [0.4, 0.5) is 15.0 Å². The molecule has 88 valence electrons. The Hall–Kier alpha value is -1.72. The van der Waals surface area contributed by atoms with Crippen LogP contribution in [-0.4, -0.2) is 29.1 Å². The predicted molar refractivity (Wildman–Crippen MR) is 58.7 cm³/mol. The molecular formula is C10H15FN4O. The second-order valence-electron chi connectivity index (χ2n) is 3.27. The molecule has 0 unspecified atom stereocenters. The number of carbonyl (C=O) groups excluding carboxylic acids is 1. The van der Waals surface area contributed by atoms with E-state index in [1.165, 1.54) is 23.6 Å². The van der Waals surface area contributed by atoms with Crippen molar-refractivity contribution in [2.24, 2.45) is 0 Å². The van der Waals surface area contributed by atoms with Crippen LogP contribution < -0.4 is 10.2 Å². The molecule has 1 aliphatic rings. The molecule has 1 aliphatic heterocycles. The van der Waals surface area contributed by atoms with E-state index in [1.54, 1.807) is 0 Å². The summed E-state index contributed by atoms with van der Waals surface area (Å²) in [4.78, 5) is 19.3. The van der Waals surface area contributed by atoms with Gasteiger partial charge < -0.3 is 5.32 Å². The largest absolute Gasteiger partial charge is 0.336 e. The minimum atomic E-state index is -0.822. The van der Waals surface area contributed by atoms with Crippen LogP contribution in [0.1, 0.15) is 20.3 Å². The van der Waals surface area contributed by atoms with Gasteiger partial charge in [-0.1, -0.05) is 20.3 Å². The molecule has 6 heteroatoms. The van der Waals surface area contributed by atoms with E-state index in [0.717, 1.165) is 0 Å². The number of amides is 2. The first kappa shape index (κ1) is 12.4. The lowest BCUT2D eigenvalue weighted by Crippen LogP contribution is -2.28. The summed E-state index contributed by atoms with van der Waals surface area (Å²) in [6.45, 7) is 5.32. The van der Waals surface area contributed by atoms with Crippen LogP contribution in [-0.2, 0) is 0 Å². The number of aromatic nitrogens is 2. The van der Waals surface area contributed by atoms with Crippen LogP contribution >= 0.6 is 0 Å². The van der Waals surface area contributed by atoms with E-state index in [9.17, 15) is 9.18 Å². The van der Waals surface area contributed by atoms with Crippen LogP contribution in [0.2, 0.25) is 0 Å². The number of urea groups is 1. The third-order valence-corrected chi connectivity index (χ3v) is 1.74. The van der Waals surface area contributed by atoms with E-state index in [1.807, 2.05) is 0 Å². The highest BCUT2D eigenvalue weighted by molar-refractivity contribution is 5.92. The zero-order valence-corrected chi connectivity index (χ0v) is 9.40. The van der Waals surface area contributed by atoms with Crippen molar-refractivity contribution < 1.29 is 9.18 Å². The summed E-state index contributed by atoms with van der Waals surface area (Å²) in [5.41, 5.74) is 0. The monoisotopic (exact) mass is 226 g/mol. The smallest absolute Gasteiger partial charge is 0.323 e. The van der Waals surface area contributed by atoms with Crippen molar-refractivity contribution in [3.05, 3.63) is 18.3 Å². The number of hydrogen-bond donors (Lipinski definition) is 1. The Labute approximate surface area is 93.7 Å². The average Bonchev–Trinajstić information content (AvgIpc) is 2.65. The summed E-state index contributed by atoms with van der Waals surface area (Å²) >= 11 is 0. The first-order valence-electron chi connectivity index (χ1n) is 5.23. The van der Waals surface area contributed by atoms with Gasteiger partial charge in [0.2, 0.25) is 0 Å². The normalized spacial score (nSPS) is 14.2. The zero-order valence-electron chi connectivity index (χ0n) is 9.40. The summed E-state index contributed by atoms with van der Waals surface area (Å²) < 4.78 is 12.6. The summed E-state index contributed by atoms with van der Waals surface area (Å²) in [7, 11) is 0. The Morgan fingerprint density at radius 1 is 1.56 bits per heavy atom. The second kappa shape index (κ2) is 5.99. The lowest BCUT2D eigenvalue weighted by Gasteiger charge is -2.11. The van der Waals surface area contributed by atoms with Gasteiger partial charge in [-0.2, -0.15) is 9.37 Å². The number of nitrogens with one attached hydrogen (secondary N) is 1. The number of anilines is 1. The van der Waals surface area contributed by atoms with Crippen molar-refractivity contribution in [1.29, 1.82) is 0 Å². The molecule has 0 spiro atoms. The minimum Gasteiger partial charge on any atom is -0.336 e. The van der Waals surface area contributed by atoms with Crippen molar-refractivity contribution in [2.45, 2.75) is 20.3 Å². The van der Waals surface area contributed by atoms with Gasteiger partial charge in [0, 0.05) is 19.3 Å². The highest BCUT2D eigenvalue weighted by atomic mass is 19.1. The van der Waals surface area contributed by atoms with Gasteiger partial charge in [-0.05, 0) is 6.07 Å². The van der Waals surface area contributed by atoms with Crippen LogP contribution in [0.3, 0.4) is 0 Å². The van der Waals surface area contributed by atoms with E-state index in [4.69, 9.17) is 0 Å². The summed E-state index contributed by atoms with van der Waals surface area (Å²) in [5, 5.41) is 2.59. The predicted octanol–water partition coefficient (Wildman–Crippen LogP) is 1.56. The molecule has 1 aromatic rings. The van der Waals surface area contributed by atoms with E-state index < -0.39 is 6.08 Å². The lowest BCUT2D eigenvalue weighted by atomic mass is 10.5. The zero-order chi connectivity index (χ0) is 12.0. The van der Waals surface area contributed by atoms with Gasteiger partial charge in [0.1, 0.15) is 5.82 Å². The molecule has 0 saturated carbocycles.